The van der Waals surface area contributed by atoms with Gasteiger partial charge in [0.1, 0.15) is 5.82 Å². The van der Waals surface area contributed by atoms with Crippen LogP contribution in [0.2, 0.25) is 0 Å². The van der Waals surface area contributed by atoms with E-state index in [4.69, 9.17) is 0 Å². The van der Waals surface area contributed by atoms with Crippen LogP contribution < -0.4 is 5.32 Å². The standard InChI is InChI=1S/C16H22BrFN2/c1-11(12-2-5-16(18)15(17)10-12)19-13-6-8-20(9-7-13)14-3-4-14/h2,5,10-11,13-14,19H,3-4,6-9H2,1H3. The zero-order valence-corrected chi connectivity index (χ0v) is 13.5. The lowest BCUT2D eigenvalue weighted by atomic mass is 10.0. The zero-order valence-electron chi connectivity index (χ0n) is 11.9. The Bertz CT molecular complexity index is 468. The van der Waals surface area contributed by atoms with Crippen LogP contribution in [-0.4, -0.2) is 30.1 Å². The van der Waals surface area contributed by atoms with Gasteiger partial charge in [0.2, 0.25) is 0 Å². The van der Waals surface area contributed by atoms with Crippen molar-refractivity contribution in [1.29, 1.82) is 0 Å². The van der Waals surface area contributed by atoms with E-state index in [0.29, 0.717) is 10.5 Å². The Morgan fingerprint density at radius 3 is 2.55 bits per heavy atom. The molecule has 2 aliphatic rings. The van der Waals surface area contributed by atoms with Crippen molar-refractivity contribution in [1.82, 2.24) is 10.2 Å². The van der Waals surface area contributed by atoms with Crippen LogP contribution in [0.1, 0.15) is 44.2 Å². The molecule has 1 heterocycles. The predicted octanol–water partition coefficient (Wildman–Crippen LogP) is 3.87. The van der Waals surface area contributed by atoms with Gasteiger partial charge >= 0.3 is 0 Å². The Hall–Kier alpha value is -0.450. The average Bonchev–Trinajstić information content (AvgIpc) is 3.27. The lowest BCUT2D eigenvalue weighted by molar-refractivity contribution is 0.184. The molecule has 2 nitrogen and oxygen atoms in total. The van der Waals surface area contributed by atoms with Gasteiger partial charge in [0, 0.05) is 18.1 Å². The summed E-state index contributed by atoms with van der Waals surface area (Å²) in [5.41, 5.74) is 1.14. The van der Waals surface area contributed by atoms with Gasteiger partial charge in [-0.05, 0) is 79.3 Å². The zero-order chi connectivity index (χ0) is 14.1. The molecule has 4 heteroatoms. The number of benzene rings is 1. The average molecular weight is 341 g/mol. The summed E-state index contributed by atoms with van der Waals surface area (Å²) >= 11 is 3.26. The highest BCUT2D eigenvalue weighted by molar-refractivity contribution is 9.10. The van der Waals surface area contributed by atoms with Gasteiger partial charge in [-0.3, -0.25) is 0 Å². The van der Waals surface area contributed by atoms with Crippen LogP contribution in [0.15, 0.2) is 22.7 Å². The lowest BCUT2D eigenvalue weighted by Crippen LogP contribution is -2.44. The highest BCUT2D eigenvalue weighted by atomic mass is 79.9. The Labute approximate surface area is 128 Å². The second-order valence-electron chi connectivity index (χ2n) is 6.10. The van der Waals surface area contributed by atoms with Crippen LogP contribution in [0.4, 0.5) is 4.39 Å². The van der Waals surface area contributed by atoms with Crippen molar-refractivity contribution < 1.29 is 4.39 Å². The molecule has 1 atom stereocenters. The van der Waals surface area contributed by atoms with Gasteiger partial charge in [0.25, 0.3) is 0 Å². The third-order valence-electron chi connectivity index (χ3n) is 4.52. The summed E-state index contributed by atoms with van der Waals surface area (Å²) in [5, 5.41) is 3.69. The second-order valence-corrected chi connectivity index (χ2v) is 6.96. The SMILES string of the molecule is CC(NC1CCN(C2CC2)CC1)c1ccc(F)c(Br)c1. The van der Waals surface area contributed by atoms with Gasteiger partial charge in [-0.1, -0.05) is 6.07 Å². The van der Waals surface area contributed by atoms with Gasteiger partial charge in [-0.15, -0.1) is 0 Å². The first-order valence-corrected chi connectivity index (χ1v) is 8.38. The molecule has 0 amide bonds. The van der Waals surface area contributed by atoms with Gasteiger partial charge in [-0.2, -0.15) is 0 Å². The first kappa shape index (κ1) is 14.5. The number of nitrogens with zero attached hydrogens (tertiary/aromatic N) is 1. The molecule has 3 rings (SSSR count). The molecule has 1 aliphatic carbocycles. The van der Waals surface area contributed by atoms with E-state index >= 15 is 0 Å². The molecule has 1 N–H and O–H groups in total. The normalized spacial score (nSPS) is 22.9. The molecule has 1 unspecified atom stereocenters. The molecule has 0 radical (unpaired) electrons. The van der Waals surface area contributed by atoms with Crippen LogP contribution in [0.5, 0.6) is 0 Å². The summed E-state index contributed by atoms with van der Waals surface area (Å²) in [7, 11) is 0. The number of rotatable bonds is 4. The molecular weight excluding hydrogens is 319 g/mol. The Kier molecular flexibility index (Phi) is 4.43. The first-order valence-electron chi connectivity index (χ1n) is 7.58. The third-order valence-corrected chi connectivity index (χ3v) is 5.13. The molecule has 1 saturated heterocycles. The topological polar surface area (TPSA) is 15.3 Å². The van der Waals surface area contributed by atoms with Crippen LogP contribution in [0.3, 0.4) is 0 Å². The van der Waals surface area contributed by atoms with Crippen molar-refractivity contribution in [3.8, 4) is 0 Å². The van der Waals surface area contributed by atoms with Crippen molar-refractivity contribution in [3.05, 3.63) is 34.1 Å². The molecule has 1 saturated carbocycles. The molecule has 0 bridgehead atoms. The molecular formula is C16H22BrFN2. The van der Waals surface area contributed by atoms with Crippen molar-refractivity contribution in [3.63, 3.8) is 0 Å². The minimum atomic E-state index is -0.196. The number of hydrogen-bond acceptors (Lipinski definition) is 2. The molecule has 110 valence electrons. The fourth-order valence-corrected chi connectivity index (χ4v) is 3.50. The molecule has 0 spiro atoms. The largest absolute Gasteiger partial charge is 0.307 e. The fourth-order valence-electron chi connectivity index (χ4n) is 3.10. The smallest absolute Gasteiger partial charge is 0.137 e. The van der Waals surface area contributed by atoms with E-state index in [1.807, 2.05) is 12.1 Å². The lowest BCUT2D eigenvalue weighted by Gasteiger charge is -2.34. The molecule has 1 aliphatic heterocycles. The maximum atomic E-state index is 13.3. The van der Waals surface area contributed by atoms with Crippen LogP contribution >= 0.6 is 15.9 Å². The highest BCUT2D eigenvalue weighted by Crippen LogP contribution is 2.30. The molecule has 20 heavy (non-hydrogen) atoms. The van der Waals surface area contributed by atoms with Gasteiger partial charge < -0.3 is 10.2 Å². The maximum Gasteiger partial charge on any atom is 0.137 e. The number of nitrogens with one attached hydrogen (secondary N) is 1. The van der Waals surface area contributed by atoms with Gasteiger partial charge in [0.15, 0.2) is 0 Å². The summed E-state index contributed by atoms with van der Waals surface area (Å²) in [6.45, 7) is 4.61. The van der Waals surface area contributed by atoms with Crippen molar-refractivity contribution >= 4 is 15.9 Å². The van der Waals surface area contributed by atoms with Gasteiger partial charge in [0.05, 0.1) is 4.47 Å². The van der Waals surface area contributed by atoms with E-state index < -0.39 is 0 Å². The number of halogens is 2. The van der Waals surface area contributed by atoms with E-state index in [0.717, 1.165) is 11.6 Å². The highest BCUT2D eigenvalue weighted by Gasteiger charge is 2.31. The van der Waals surface area contributed by atoms with Crippen molar-refractivity contribution in [2.45, 2.75) is 50.7 Å². The quantitative estimate of drug-likeness (QED) is 0.895. The van der Waals surface area contributed by atoms with E-state index in [-0.39, 0.29) is 11.9 Å². The number of hydrogen-bond donors (Lipinski definition) is 1. The molecule has 1 aromatic carbocycles. The van der Waals surface area contributed by atoms with E-state index in [1.54, 1.807) is 0 Å². The van der Waals surface area contributed by atoms with Crippen LogP contribution in [0, 0.1) is 5.82 Å². The summed E-state index contributed by atoms with van der Waals surface area (Å²) in [6.07, 6.45) is 5.25. The first-order chi connectivity index (χ1) is 9.63. The second kappa shape index (κ2) is 6.12. The maximum absolute atomic E-state index is 13.3. The van der Waals surface area contributed by atoms with Crippen molar-refractivity contribution in [2.75, 3.05) is 13.1 Å². The number of likely N-dealkylation sites (tertiary alicyclic amines) is 1. The van der Waals surface area contributed by atoms with Crippen LogP contribution in [0.25, 0.3) is 0 Å². The van der Waals surface area contributed by atoms with Gasteiger partial charge in [-0.25, -0.2) is 4.39 Å². The monoisotopic (exact) mass is 340 g/mol. The molecule has 2 fully saturated rings. The van der Waals surface area contributed by atoms with E-state index in [9.17, 15) is 4.39 Å². The molecule has 0 aromatic heterocycles. The molecule has 1 aromatic rings. The Morgan fingerprint density at radius 1 is 1.25 bits per heavy atom. The fraction of sp³-hybridized carbons (Fsp3) is 0.625. The summed E-state index contributed by atoms with van der Waals surface area (Å²) < 4.78 is 13.8. The summed E-state index contributed by atoms with van der Waals surface area (Å²) in [6, 6.07) is 7.03. The minimum Gasteiger partial charge on any atom is -0.307 e. The Balaban J connectivity index is 1.53. The van der Waals surface area contributed by atoms with E-state index in [1.165, 1.54) is 44.8 Å². The summed E-state index contributed by atoms with van der Waals surface area (Å²) in [4.78, 5) is 2.64. The minimum absolute atomic E-state index is 0.196. The van der Waals surface area contributed by atoms with E-state index in [2.05, 4.69) is 33.1 Å². The predicted molar refractivity (Wildman–Crippen MR) is 83.3 cm³/mol. The third kappa shape index (κ3) is 3.41. The van der Waals surface area contributed by atoms with Crippen molar-refractivity contribution in [2.24, 2.45) is 0 Å². The number of piperidine rings is 1. The Morgan fingerprint density at radius 2 is 1.95 bits per heavy atom. The summed E-state index contributed by atoms with van der Waals surface area (Å²) in [5.74, 6) is -0.196. The van der Waals surface area contributed by atoms with Crippen LogP contribution in [-0.2, 0) is 0 Å².